The zero-order chi connectivity index (χ0) is 29.5. The molecule has 0 fully saturated rings. The van der Waals surface area contributed by atoms with Crippen LogP contribution in [0.5, 0.6) is 0 Å². The van der Waals surface area contributed by atoms with E-state index >= 15 is 0 Å². The van der Waals surface area contributed by atoms with Gasteiger partial charge in [0.25, 0.3) is 0 Å². The Bertz CT molecular complexity index is 1250. The summed E-state index contributed by atoms with van der Waals surface area (Å²) >= 11 is -7.58. The molecular formula is C25H18BiF9O4. The molecule has 0 spiro atoms. The predicted octanol–water partition coefficient (Wildman–Crippen LogP) is 5.29. The van der Waals surface area contributed by atoms with Crippen LogP contribution in [-0.4, -0.2) is 31.6 Å². The number of alkyl halides is 9. The van der Waals surface area contributed by atoms with E-state index < -0.39 is 76.6 Å². The molecule has 0 unspecified atom stereocenters. The van der Waals surface area contributed by atoms with Crippen LogP contribution in [0, 0.1) is 0 Å². The molecule has 3 rings (SSSR count). The Hall–Kier alpha value is -3.15. The first-order valence-electron chi connectivity index (χ1n) is 10.8. The van der Waals surface area contributed by atoms with Gasteiger partial charge in [0.2, 0.25) is 0 Å². The summed E-state index contributed by atoms with van der Waals surface area (Å²) in [6.07, 6.45) is -15.1. The third kappa shape index (κ3) is 5.75. The number of hydrogen-bond acceptors (Lipinski definition) is 4. The van der Waals surface area contributed by atoms with Crippen LogP contribution in [0.4, 0.5) is 39.5 Å². The zero-order valence-corrected chi connectivity index (χ0v) is 23.4. The van der Waals surface area contributed by atoms with E-state index in [1.54, 1.807) is 0 Å². The van der Waals surface area contributed by atoms with Gasteiger partial charge in [-0.2, -0.15) is 0 Å². The summed E-state index contributed by atoms with van der Waals surface area (Å²) in [5.41, 5.74) is -4.13. The van der Waals surface area contributed by atoms with Gasteiger partial charge < -0.3 is 0 Å². The number of carbonyl (C=O) groups excluding carboxylic acids is 2. The van der Waals surface area contributed by atoms with Crippen LogP contribution < -0.4 is 9.81 Å². The second kappa shape index (κ2) is 10.1. The van der Waals surface area contributed by atoms with Crippen molar-refractivity contribution >= 4 is 41.4 Å². The molecule has 0 radical (unpaired) electrons. The number of halogens is 9. The molecule has 0 aromatic heterocycles. The Morgan fingerprint density at radius 3 is 1.00 bits per heavy atom. The van der Waals surface area contributed by atoms with Gasteiger partial charge in [0.05, 0.1) is 0 Å². The Morgan fingerprint density at radius 2 is 0.795 bits per heavy atom. The molecule has 210 valence electrons. The molecule has 3 aromatic rings. The van der Waals surface area contributed by atoms with Crippen molar-refractivity contribution in [3.05, 3.63) is 89.5 Å². The molecule has 14 heteroatoms. The second-order valence-corrected chi connectivity index (χ2v) is 23.2. The van der Waals surface area contributed by atoms with Gasteiger partial charge in [-0.1, -0.05) is 0 Å². The van der Waals surface area contributed by atoms with Crippen LogP contribution in [-0.2, 0) is 33.7 Å². The Kier molecular flexibility index (Phi) is 7.88. The van der Waals surface area contributed by atoms with Crippen LogP contribution in [0.3, 0.4) is 0 Å². The van der Waals surface area contributed by atoms with E-state index in [-0.39, 0.29) is 0 Å². The van der Waals surface area contributed by atoms with E-state index in [1.807, 2.05) is 0 Å². The van der Waals surface area contributed by atoms with E-state index in [4.69, 9.17) is 5.63 Å². The Balaban J connectivity index is 2.71. The van der Waals surface area contributed by atoms with Crippen molar-refractivity contribution in [2.45, 2.75) is 32.4 Å². The standard InChI is InChI=1S/3C7H4F3.2C2H4O2.Bi/c3*8-7(9,10)6-4-2-1-3-5-6;2*1-2(3)4;/h3*1-2,4-5H;2*1H3,(H,3,4);/q;;;;;+2/p-2. The number of rotatable bonds is 5. The Morgan fingerprint density at radius 1 is 0.538 bits per heavy atom. The first-order valence-corrected chi connectivity index (χ1v) is 18.8. The number of benzene rings is 3. The van der Waals surface area contributed by atoms with E-state index in [1.165, 1.54) is 0 Å². The minimum atomic E-state index is -7.58. The van der Waals surface area contributed by atoms with Crippen molar-refractivity contribution in [2.75, 3.05) is 0 Å². The normalized spacial score (nSPS) is 13.8. The van der Waals surface area contributed by atoms with E-state index in [0.717, 1.165) is 50.2 Å². The maximum absolute atomic E-state index is 13.8. The fourth-order valence-electron chi connectivity index (χ4n) is 4.08. The fraction of sp³-hybridized carbons (Fsp3) is 0.200. The fourth-order valence-corrected chi connectivity index (χ4v) is 22.5. The summed E-state index contributed by atoms with van der Waals surface area (Å²) in [5.74, 6) is -2.65. The molecule has 4 nitrogen and oxygen atoms in total. The average molecular weight is 762 g/mol. The van der Waals surface area contributed by atoms with Gasteiger partial charge in [-0.15, -0.1) is 0 Å². The maximum atomic E-state index is 13.8. The number of hydrogen-bond donors (Lipinski definition) is 0. The summed E-state index contributed by atoms with van der Waals surface area (Å²) in [6.45, 7) is 1.49. The molecule has 0 aliphatic rings. The minimum absolute atomic E-state index is 0.402. The molecule has 0 atom stereocenters. The first kappa shape index (κ1) is 30.4. The summed E-state index contributed by atoms with van der Waals surface area (Å²) < 4.78 is 133. The van der Waals surface area contributed by atoms with Gasteiger partial charge >= 0.3 is 218 Å². The summed E-state index contributed by atoms with van der Waals surface area (Å²) in [4.78, 5) is 25.2. The van der Waals surface area contributed by atoms with Gasteiger partial charge in [-0.05, 0) is 0 Å². The zero-order valence-electron chi connectivity index (χ0n) is 19.9. The molecule has 0 aliphatic heterocycles. The molecule has 0 N–H and O–H groups in total. The summed E-state index contributed by atoms with van der Waals surface area (Å²) in [5, 5.41) is 0. The van der Waals surface area contributed by atoms with Gasteiger partial charge in [0.15, 0.2) is 0 Å². The van der Waals surface area contributed by atoms with Crippen LogP contribution in [0.25, 0.3) is 0 Å². The molecular weight excluding hydrogens is 744 g/mol. The van der Waals surface area contributed by atoms with Crippen molar-refractivity contribution in [1.82, 2.24) is 0 Å². The van der Waals surface area contributed by atoms with Crippen LogP contribution in [0.2, 0.25) is 0 Å². The van der Waals surface area contributed by atoms with Crippen LogP contribution in [0.15, 0.2) is 72.8 Å². The van der Waals surface area contributed by atoms with E-state index in [0.29, 0.717) is 36.4 Å². The van der Waals surface area contributed by atoms with E-state index in [9.17, 15) is 49.1 Å². The molecule has 0 saturated heterocycles. The molecule has 0 heterocycles. The number of carbonyl (C=O) groups is 2. The van der Waals surface area contributed by atoms with Crippen molar-refractivity contribution in [1.29, 1.82) is 0 Å². The molecule has 0 amide bonds. The molecule has 39 heavy (non-hydrogen) atoms. The SMILES string of the molecule is CC(=O)[O][Bi]([O]C(C)=O)([c]1cccc(C(F)(F)F)c1)([c]1cccc(C(F)(F)F)c1)[c]1cccc(C(F)(F)F)c1. The van der Waals surface area contributed by atoms with Crippen LogP contribution in [0.1, 0.15) is 30.5 Å². The monoisotopic (exact) mass is 762 g/mol. The molecule has 0 aliphatic carbocycles. The summed E-state index contributed by atoms with van der Waals surface area (Å²) in [7, 11) is 0. The van der Waals surface area contributed by atoms with Crippen molar-refractivity contribution in [3.8, 4) is 0 Å². The second-order valence-electron chi connectivity index (χ2n) is 8.27. The van der Waals surface area contributed by atoms with E-state index in [2.05, 4.69) is 0 Å². The third-order valence-corrected chi connectivity index (χ3v) is 24.4. The van der Waals surface area contributed by atoms with Gasteiger partial charge in [0, 0.05) is 0 Å². The van der Waals surface area contributed by atoms with Crippen LogP contribution >= 0.6 is 0 Å². The predicted molar refractivity (Wildman–Crippen MR) is 123 cm³/mol. The van der Waals surface area contributed by atoms with Crippen molar-refractivity contribution in [3.63, 3.8) is 0 Å². The van der Waals surface area contributed by atoms with Crippen molar-refractivity contribution in [2.24, 2.45) is 0 Å². The molecule has 0 saturated carbocycles. The van der Waals surface area contributed by atoms with Gasteiger partial charge in [-0.3, -0.25) is 0 Å². The molecule has 3 aromatic carbocycles. The molecule has 0 bridgehead atoms. The summed E-state index contributed by atoms with van der Waals surface area (Å²) in [6, 6.07) is 8.18. The average Bonchev–Trinajstić information content (AvgIpc) is 2.82. The van der Waals surface area contributed by atoms with Gasteiger partial charge in [-0.25, -0.2) is 0 Å². The Labute approximate surface area is 217 Å². The van der Waals surface area contributed by atoms with Crippen molar-refractivity contribution < 1.29 is 54.7 Å². The third-order valence-electron chi connectivity index (χ3n) is 5.53. The first-order chi connectivity index (χ1) is 17.8. The van der Waals surface area contributed by atoms with Gasteiger partial charge in [0.1, 0.15) is 0 Å². The quantitative estimate of drug-likeness (QED) is 0.262. The topological polar surface area (TPSA) is 52.6 Å².